The number of nitrogens with zero attached hydrogens (tertiary/aromatic N) is 1. The third-order valence-electron chi connectivity index (χ3n) is 5.50. The molecule has 0 bridgehead atoms. The highest BCUT2D eigenvalue weighted by Crippen LogP contribution is 2.45. The van der Waals surface area contributed by atoms with Crippen LogP contribution in [-0.4, -0.2) is 29.9 Å². The summed E-state index contributed by atoms with van der Waals surface area (Å²) in [6.07, 6.45) is 9.56. The minimum atomic E-state index is 0.362. The summed E-state index contributed by atoms with van der Waals surface area (Å²) in [4.78, 5) is 14.3. The Kier molecular flexibility index (Phi) is 2.89. The van der Waals surface area contributed by atoms with Crippen LogP contribution in [-0.2, 0) is 4.79 Å². The van der Waals surface area contributed by atoms with Crippen LogP contribution < -0.4 is 5.73 Å². The minimum absolute atomic E-state index is 0.362. The van der Waals surface area contributed by atoms with Gasteiger partial charge in [-0.2, -0.15) is 0 Å². The van der Waals surface area contributed by atoms with E-state index in [9.17, 15) is 4.79 Å². The Labute approximate surface area is 104 Å². The molecule has 1 heterocycles. The van der Waals surface area contributed by atoms with E-state index in [-0.39, 0.29) is 0 Å². The second-order valence-corrected chi connectivity index (χ2v) is 6.31. The van der Waals surface area contributed by atoms with Crippen LogP contribution in [0.2, 0.25) is 0 Å². The van der Waals surface area contributed by atoms with E-state index in [0.717, 1.165) is 38.8 Å². The number of hydrogen-bond donors (Lipinski definition) is 1. The Morgan fingerprint density at radius 2 is 1.76 bits per heavy atom. The molecule has 0 aromatic heterocycles. The van der Waals surface area contributed by atoms with Gasteiger partial charge in [-0.25, -0.2) is 0 Å². The van der Waals surface area contributed by atoms with Gasteiger partial charge in [-0.1, -0.05) is 12.8 Å². The number of likely N-dealkylation sites (tertiary alicyclic amines) is 1. The molecule has 3 fully saturated rings. The van der Waals surface area contributed by atoms with E-state index in [1.54, 1.807) is 0 Å². The third-order valence-corrected chi connectivity index (χ3v) is 5.50. The molecule has 1 amide bonds. The van der Waals surface area contributed by atoms with Crippen molar-refractivity contribution in [1.82, 2.24) is 4.90 Å². The van der Waals surface area contributed by atoms with Gasteiger partial charge in [0.1, 0.15) is 0 Å². The summed E-state index contributed by atoms with van der Waals surface area (Å²) in [5, 5.41) is 0. The fourth-order valence-corrected chi connectivity index (χ4v) is 3.87. The Hall–Kier alpha value is -0.570. The lowest BCUT2D eigenvalue weighted by Crippen LogP contribution is -2.50. The summed E-state index contributed by atoms with van der Waals surface area (Å²) >= 11 is 0. The van der Waals surface area contributed by atoms with Gasteiger partial charge in [0.15, 0.2) is 0 Å². The number of amides is 1. The molecule has 3 aliphatic rings. The van der Waals surface area contributed by atoms with Gasteiger partial charge < -0.3 is 10.6 Å². The molecule has 2 saturated carbocycles. The Bertz CT molecular complexity index is 303. The SMILES string of the molecule is NC1CCCC12CCN(C(=O)C1CCC1)CC2. The highest BCUT2D eigenvalue weighted by atomic mass is 16.2. The van der Waals surface area contributed by atoms with Gasteiger partial charge in [0.2, 0.25) is 5.91 Å². The highest BCUT2D eigenvalue weighted by molar-refractivity contribution is 5.79. The number of nitrogens with two attached hydrogens (primary N) is 1. The van der Waals surface area contributed by atoms with E-state index in [0.29, 0.717) is 23.3 Å². The molecule has 0 aromatic carbocycles. The normalized spacial score (nSPS) is 32.8. The van der Waals surface area contributed by atoms with Gasteiger partial charge in [-0.05, 0) is 43.9 Å². The van der Waals surface area contributed by atoms with E-state index in [2.05, 4.69) is 4.90 Å². The number of piperidine rings is 1. The molecular formula is C14H24N2O. The molecule has 0 radical (unpaired) electrons. The van der Waals surface area contributed by atoms with Crippen LogP contribution in [0.1, 0.15) is 51.4 Å². The van der Waals surface area contributed by atoms with Crippen LogP contribution in [0.25, 0.3) is 0 Å². The lowest BCUT2D eigenvalue weighted by Gasteiger charge is -2.43. The minimum Gasteiger partial charge on any atom is -0.342 e. The first-order valence-corrected chi connectivity index (χ1v) is 7.26. The van der Waals surface area contributed by atoms with Gasteiger partial charge in [-0.3, -0.25) is 4.79 Å². The van der Waals surface area contributed by atoms with E-state index < -0.39 is 0 Å². The zero-order chi connectivity index (χ0) is 11.9. The first kappa shape index (κ1) is 11.5. The first-order chi connectivity index (χ1) is 8.21. The van der Waals surface area contributed by atoms with Gasteiger partial charge >= 0.3 is 0 Å². The average molecular weight is 236 g/mol. The van der Waals surface area contributed by atoms with Crippen molar-refractivity contribution in [3.63, 3.8) is 0 Å². The quantitative estimate of drug-likeness (QED) is 0.756. The van der Waals surface area contributed by atoms with Crippen molar-refractivity contribution in [3.05, 3.63) is 0 Å². The third kappa shape index (κ3) is 1.88. The molecule has 1 atom stereocenters. The first-order valence-electron chi connectivity index (χ1n) is 7.26. The fourth-order valence-electron chi connectivity index (χ4n) is 3.87. The Morgan fingerprint density at radius 1 is 1.06 bits per heavy atom. The molecule has 2 N–H and O–H groups in total. The second kappa shape index (κ2) is 4.27. The Balaban J connectivity index is 1.58. The topological polar surface area (TPSA) is 46.3 Å². The van der Waals surface area contributed by atoms with E-state index >= 15 is 0 Å². The zero-order valence-corrected chi connectivity index (χ0v) is 10.7. The summed E-state index contributed by atoms with van der Waals surface area (Å²) in [6, 6.07) is 0.392. The smallest absolute Gasteiger partial charge is 0.225 e. The van der Waals surface area contributed by atoms with Crippen molar-refractivity contribution >= 4 is 5.91 Å². The molecule has 17 heavy (non-hydrogen) atoms. The van der Waals surface area contributed by atoms with Crippen LogP contribution in [0.4, 0.5) is 0 Å². The van der Waals surface area contributed by atoms with Crippen LogP contribution in [0.3, 0.4) is 0 Å². The fraction of sp³-hybridized carbons (Fsp3) is 0.929. The number of hydrogen-bond acceptors (Lipinski definition) is 2. The zero-order valence-electron chi connectivity index (χ0n) is 10.7. The molecule has 96 valence electrons. The lowest BCUT2D eigenvalue weighted by atomic mass is 9.74. The van der Waals surface area contributed by atoms with Crippen molar-refractivity contribution in [2.24, 2.45) is 17.1 Å². The predicted octanol–water partition coefficient (Wildman–Crippen LogP) is 1.91. The van der Waals surface area contributed by atoms with E-state index in [1.165, 1.54) is 25.7 Å². The molecule has 2 aliphatic carbocycles. The summed E-state index contributed by atoms with van der Waals surface area (Å²) in [5.41, 5.74) is 6.65. The van der Waals surface area contributed by atoms with Crippen LogP contribution in [0, 0.1) is 11.3 Å². The number of carbonyl (C=O) groups is 1. The standard InChI is InChI=1S/C14H24N2O/c15-12-5-2-6-14(12)7-9-16(10-8-14)13(17)11-3-1-4-11/h11-12H,1-10,15H2. The maximum absolute atomic E-state index is 12.2. The van der Waals surface area contributed by atoms with Crippen molar-refractivity contribution < 1.29 is 4.79 Å². The van der Waals surface area contributed by atoms with Crippen molar-refractivity contribution in [2.75, 3.05) is 13.1 Å². The summed E-state index contributed by atoms with van der Waals surface area (Å²) in [7, 11) is 0. The lowest BCUT2D eigenvalue weighted by molar-refractivity contribution is -0.140. The molecule has 3 rings (SSSR count). The predicted molar refractivity (Wildman–Crippen MR) is 67.4 cm³/mol. The average Bonchev–Trinajstić information content (AvgIpc) is 2.59. The van der Waals surface area contributed by atoms with Crippen molar-refractivity contribution in [2.45, 2.75) is 57.4 Å². The number of carbonyl (C=O) groups excluding carboxylic acids is 1. The van der Waals surface area contributed by atoms with Crippen molar-refractivity contribution in [3.8, 4) is 0 Å². The molecule has 1 spiro atoms. The van der Waals surface area contributed by atoms with Crippen molar-refractivity contribution in [1.29, 1.82) is 0 Å². The Morgan fingerprint density at radius 3 is 2.24 bits per heavy atom. The molecule has 1 aliphatic heterocycles. The second-order valence-electron chi connectivity index (χ2n) is 6.31. The van der Waals surface area contributed by atoms with E-state index in [1.807, 2.05) is 0 Å². The largest absolute Gasteiger partial charge is 0.342 e. The molecule has 1 unspecified atom stereocenters. The summed E-state index contributed by atoms with van der Waals surface area (Å²) in [5.74, 6) is 0.791. The van der Waals surface area contributed by atoms with Crippen LogP contribution in [0.5, 0.6) is 0 Å². The summed E-state index contributed by atoms with van der Waals surface area (Å²) in [6.45, 7) is 1.92. The van der Waals surface area contributed by atoms with Crippen LogP contribution >= 0.6 is 0 Å². The molecule has 0 aromatic rings. The van der Waals surface area contributed by atoms with Gasteiger partial charge in [0.05, 0.1) is 0 Å². The van der Waals surface area contributed by atoms with E-state index in [4.69, 9.17) is 5.73 Å². The van der Waals surface area contributed by atoms with Gasteiger partial charge in [0, 0.05) is 25.0 Å². The molecule has 3 heteroatoms. The molecule has 3 nitrogen and oxygen atoms in total. The van der Waals surface area contributed by atoms with Crippen LogP contribution in [0.15, 0.2) is 0 Å². The maximum Gasteiger partial charge on any atom is 0.225 e. The molecule has 1 saturated heterocycles. The highest BCUT2D eigenvalue weighted by Gasteiger charge is 2.44. The maximum atomic E-state index is 12.2. The summed E-state index contributed by atoms with van der Waals surface area (Å²) < 4.78 is 0. The monoisotopic (exact) mass is 236 g/mol. The molecular weight excluding hydrogens is 212 g/mol. The van der Waals surface area contributed by atoms with Gasteiger partial charge in [-0.15, -0.1) is 0 Å². The number of rotatable bonds is 1. The van der Waals surface area contributed by atoms with Gasteiger partial charge in [0.25, 0.3) is 0 Å².